The van der Waals surface area contributed by atoms with Crippen LogP contribution >= 0.6 is 0 Å². The molecule has 1 aromatic rings. The van der Waals surface area contributed by atoms with Crippen LogP contribution in [-0.4, -0.2) is 18.5 Å². The predicted molar refractivity (Wildman–Crippen MR) is 86.3 cm³/mol. The quantitative estimate of drug-likeness (QED) is 0.684. The van der Waals surface area contributed by atoms with Crippen molar-refractivity contribution in [2.75, 3.05) is 13.6 Å². The fourth-order valence-corrected chi connectivity index (χ4v) is 2.34. The van der Waals surface area contributed by atoms with E-state index < -0.39 is 0 Å². The highest BCUT2D eigenvalue weighted by molar-refractivity contribution is 5.80. The Morgan fingerprint density at radius 2 is 1.95 bits per heavy atom. The summed E-state index contributed by atoms with van der Waals surface area (Å²) in [4.78, 5) is 2.22. The van der Waals surface area contributed by atoms with E-state index in [0.717, 1.165) is 13.0 Å². The van der Waals surface area contributed by atoms with Crippen molar-refractivity contribution in [3.8, 4) is 0 Å². The number of nitrogens with zero attached hydrogens (tertiary/aromatic N) is 1. The van der Waals surface area contributed by atoms with Gasteiger partial charge in [-0.2, -0.15) is 0 Å². The first kappa shape index (κ1) is 15.6. The van der Waals surface area contributed by atoms with Gasteiger partial charge in [-0.25, -0.2) is 0 Å². The van der Waals surface area contributed by atoms with Crippen molar-refractivity contribution in [3.05, 3.63) is 52.7 Å². The van der Waals surface area contributed by atoms with Gasteiger partial charge in [0.1, 0.15) is 0 Å². The number of rotatable bonds is 5. The van der Waals surface area contributed by atoms with Gasteiger partial charge in [0.05, 0.1) is 0 Å². The van der Waals surface area contributed by atoms with Gasteiger partial charge in [0, 0.05) is 19.8 Å². The molecule has 0 unspecified atom stereocenters. The highest BCUT2D eigenvalue weighted by Gasteiger charge is 2.08. The molecule has 1 aromatic carbocycles. The summed E-state index contributed by atoms with van der Waals surface area (Å²) in [6, 6.07) is 6.76. The van der Waals surface area contributed by atoms with E-state index in [4.69, 9.17) is 0 Å². The number of hydrogen-bond acceptors (Lipinski definition) is 1. The van der Waals surface area contributed by atoms with E-state index in [1.807, 2.05) is 0 Å². The molecule has 0 aliphatic heterocycles. The third-order valence-corrected chi connectivity index (χ3v) is 3.56. The molecule has 104 valence electrons. The molecule has 0 N–H and O–H groups in total. The minimum absolute atomic E-state index is 1.03. The van der Waals surface area contributed by atoms with E-state index in [1.165, 1.54) is 27.8 Å². The van der Waals surface area contributed by atoms with Gasteiger partial charge in [-0.3, -0.25) is 0 Å². The van der Waals surface area contributed by atoms with Crippen LogP contribution in [0.3, 0.4) is 0 Å². The maximum atomic E-state index is 2.30. The zero-order chi connectivity index (χ0) is 14.4. The Balaban J connectivity index is 3.25. The van der Waals surface area contributed by atoms with Gasteiger partial charge in [0.25, 0.3) is 0 Å². The van der Waals surface area contributed by atoms with Crippen molar-refractivity contribution in [1.29, 1.82) is 0 Å². The van der Waals surface area contributed by atoms with Crippen LogP contribution < -0.4 is 0 Å². The van der Waals surface area contributed by atoms with Crippen LogP contribution in [0, 0.1) is 6.92 Å². The lowest BCUT2D eigenvalue weighted by Gasteiger charge is -2.17. The highest BCUT2D eigenvalue weighted by atomic mass is 15.1. The van der Waals surface area contributed by atoms with Crippen molar-refractivity contribution in [2.45, 2.75) is 41.0 Å². The molecule has 0 saturated carbocycles. The molecule has 0 aromatic heterocycles. The molecule has 1 nitrogen and oxygen atoms in total. The first-order valence-corrected chi connectivity index (χ1v) is 7.18. The lowest BCUT2D eigenvalue weighted by Crippen LogP contribution is -2.10. The summed E-state index contributed by atoms with van der Waals surface area (Å²) in [6.07, 6.45) is 5.53. The molecular formula is C18H27N. The van der Waals surface area contributed by atoms with Crippen LogP contribution in [-0.2, 0) is 6.42 Å². The molecule has 0 bridgehead atoms. The van der Waals surface area contributed by atoms with Crippen molar-refractivity contribution >= 4 is 5.57 Å². The lowest BCUT2D eigenvalue weighted by molar-refractivity contribution is 0.481. The first-order chi connectivity index (χ1) is 9.03. The summed E-state index contributed by atoms with van der Waals surface area (Å²) in [5.74, 6) is 0. The molecule has 0 radical (unpaired) electrons. The van der Waals surface area contributed by atoms with E-state index >= 15 is 0 Å². The molecule has 0 fully saturated rings. The molecule has 0 saturated heterocycles. The van der Waals surface area contributed by atoms with Gasteiger partial charge in [0.2, 0.25) is 0 Å². The first-order valence-electron chi connectivity index (χ1n) is 7.18. The van der Waals surface area contributed by atoms with Crippen LogP contribution in [0.25, 0.3) is 5.57 Å². The van der Waals surface area contributed by atoms with Gasteiger partial charge < -0.3 is 4.90 Å². The van der Waals surface area contributed by atoms with Crippen LogP contribution in [0.4, 0.5) is 0 Å². The fraction of sp³-hybridized carbons (Fsp3) is 0.444. The second-order valence-corrected chi connectivity index (χ2v) is 5.10. The van der Waals surface area contributed by atoms with Crippen molar-refractivity contribution in [1.82, 2.24) is 4.90 Å². The zero-order valence-electron chi connectivity index (χ0n) is 13.2. The molecule has 0 aliphatic rings. The minimum Gasteiger partial charge on any atom is -0.380 e. The van der Waals surface area contributed by atoms with Gasteiger partial charge >= 0.3 is 0 Å². The molecule has 1 rings (SSSR count). The normalized spacial score (nSPS) is 12.7. The third kappa shape index (κ3) is 3.99. The van der Waals surface area contributed by atoms with Crippen LogP contribution in [0.2, 0.25) is 0 Å². The predicted octanol–water partition coefficient (Wildman–Crippen LogP) is 4.82. The largest absolute Gasteiger partial charge is 0.380 e. The molecule has 19 heavy (non-hydrogen) atoms. The van der Waals surface area contributed by atoms with Gasteiger partial charge in [0.15, 0.2) is 0 Å². The second-order valence-electron chi connectivity index (χ2n) is 5.10. The fourth-order valence-electron chi connectivity index (χ4n) is 2.34. The molecule has 0 heterocycles. The Bertz CT molecular complexity index is 480. The highest BCUT2D eigenvalue weighted by Crippen LogP contribution is 2.27. The molecule has 0 aliphatic carbocycles. The summed E-state index contributed by atoms with van der Waals surface area (Å²) in [5, 5.41) is 0. The second kappa shape index (κ2) is 7.18. The standard InChI is InChI=1S/C18H27N/c1-7-16-11-10-14(4)12-18(16)17(8-2)15(5)13-19(6)9-3/h8,10-13H,7,9H2,1-6H3/b15-13-,17-8?. The Labute approximate surface area is 118 Å². The summed E-state index contributed by atoms with van der Waals surface area (Å²) in [6.45, 7) is 11.9. The van der Waals surface area contributed by atoms with E-state index in [2.05, 4.69) is 77.0 Å². The Hall–Kier alpha value is -1.50. The van der Waals surface area contributed by atoms with E-state index in [9.17, 15) is 0 Å². The van der Waals surface area contributed by atoms with Crippen molar-refractivity contribution in [3.63, 3.8) is 0 Å². The summed E-state index contributed by atoms with van der Waals surface area (Å²) in [7, 11) is 2.12. The lowest BCUT2D eigenvalue weighted by atomic mass is 9.92. The Morgan fingerprint density at radius 1 is 1.26 bits per heavy atom. The minimum atomic E-state index is 1.03. The SMILES string of the molecule is CC=C(/C(C)=C\N(C)CC)c1cc(C)ccc1CC. The van der Waals surface area contributed by atoms with Crippen LogP contribution in [0.5, 0.6) is 0 Å². The smallest absolute Gasteiger partial charge is 0.0140 e. The van der Waals surface area contributed by atoms with E-state index in [0.29, 0.717) is 0 Å². The number of hydrogen-bond donors (Lipinski definition) is 0. The summed E-state index contributed by atoms with van der Waals surface area (Å²) >= 11 is 0. The molecule has 0 amide bonds. The topological polar surface area (TPSA) is 3.24 Å². The van der Waals surface area contributed by atoms with Gasteiger partial charge in [-0.15, -0.1) is 0 Å². The maximum Gasteiger partial charge on any atom is 0.0140 e. The zero-order valence-corrected chi connectivity index (χ0v) is 13.2. The summed E-state index contributed by atoms with van der Waals surface area (Å²) in [5.41, 5.74) is 6.80. The van der Waals surface area contributed by atoms with Crippen LogP contribution in [0.15, 0.2) is 36.0 Å². The molecular weight excluding hydrogens is 230 g/mol. The van der Waals surface area contributed by atoms with Crippen molar-refractivity contribution in [2.24, 2.45) is 0 Å². The van der Waals surface area contributed by atoms with Gasteiger partial charge in [-0.1, -0.05) is 36.8 Å². The van der Waals surface area contributed by atoms with Crippen LogP contribution in [0.1, 0.15) is 44.4 Å². The maximum absolute atomic E-state index is 2.30. The Kier molecular flexibility index (Phi) is 5.88. The third-order valence-electron chi connectivity index (χ3n) is 3.56. The molecule has 1 heteroatoms. The van der Waals surface area contributed by atoms with E-state index in [-0.39, 0.29) is 0 Å². The Morgan fingerprint density at radius 3 is 2.47 bits per heavy atom. The number of benzene rings is 1. The monoisotopic (exact) mass is 257 g/mol. The molecule has 0 atom stereocenters. The number of allylic oxidation sites excluding steroid dienone is 3. The number of aryl methyl sites for hydroxylation is 2. The molecule has 0 spiro atoms. The van der Waals surface area contributed by atoms with E-state index in [1.54, 1.807) is 0 Å². The van der Waals surface area contributed by atoms with Gasteiger partial charge in [-0.05, 0) is 56.4 Å². The average Bonchev–Trinajstić information content (AvgIpc) is 2.39. The van der Waals surface area contributed by atoms with Crippen molar-refractivity contribution < 1.29 is 0 Å². The summed E-state index contributed by atoms with van der Waals surface area (Å²) < 4.78 is 0. The average molecular weight is 257 g/mol.